The number of hydrogen-bond acceptors (Lipinski definition) is 3. The molecule has 1 unspecified atom stereocenters. The largest absolute Gasteiger partial charge is 0.394 e. The lowest BCUT2D eigenvalue weighted by molar-refractivity contribution is 0.259. The fraction of sp³-hybridized carbons (Fsp3) is 0.583. The van der Waals surface area contributed by atoms with E-state index < -0.39 is 0 Å². The highest BCUT2D eigenvalue weighted by Gasteiger charge is 2.11. The summed E-state index contributed by atoms with van der Waals surface area (Å²) in [4.78, 5) is 4.30. The van der Waals surface area contributed by atoms with E-state index in [9.17, 15) is 5.11 Å². The quantitative estimate of drug-likeness (QED) is 0.875. The third-order valence-corrected chi connectivity index (χ3v) is 2.90. The number of nitrogens with zero attached hydrogens (tertiary/aromatic N) is 1. The molecule has 90 valence electrons. The lowest BCUT2D eigenvalue weighted by Crippen LogP contribution is -2.26. The van der Waals surface area contributed by atoms with Crippen LogP contribution in [-0.2, 0) is 0 Å². The number of pyridine rings is 1. The van der Waals surface area contributed by atoms with Crippen LogP contribution in [0.1, 0.15) is 25.8 Å². The standard InChI is InChI=1S/C12H19BrN2O/c1-8(2)4-10(7-16)15-12-11(13)5-9(3)6-14-12/h5-6,8,10,16H,4,7H2,1-3H3,(H,14,15). The summed E-state index contributed by atoms with van der Waals surface area (Å²) < 4.78 is 0.940. The summed E-state index contributed by atoms with van der Waals surface area (Å²) in [5, 5.41) is 12.5. The van der Waals surface area contributed by atoms with Crippen LogP contribution < -0.4 is 5.32 Å². The average Bonchev–Trinajstić information content (AvgIpc) is 2.20. The SMILES string of the molecule is Cc1cnc(NC(CO)CC(C)C)c(Br)c1. The molecule has 1 aromatic rings. The minimum atomic E-state index is 0.0616. The first-order valence-corrected chi connectivity index (χ1v) is 6.31. The van der Waals surface area contributed by atoms with E-state index >= 15 is 0 Å². The molecule has 0 bridgehead atoms. The molecule has 0 radical (unpaired) electrons. The number of aliphatic hydroxyl groups excluding tert-OH is 1. The first-order chi connectivity index (χ1) is 7.52. The molecule has 2 N–H and O–H groups in total. The van der Waals surface area contributed by atoms with Crippen LogP contribution in [0.2, 0.25) is 0 Å². The van der Waals surface area contributed by atoms with E-state index in [1.807, 2.05) is 19.2 Å². The van der Waals surface area contributed by atoms with Crippen LogP contribution in [0.25, 0.3) is 0 Å². The Balaban J connectivity index is 2.70. The third-order valence-electron chi connectivity index (χ3n) is 2.30. The Morgan fingerprint density at radius 1 is 1.50 bits per heavy atom. The van der Waals surface area contributed by atoms with Gasteiger partial charge in [0.05, 0.1) is 17.1 Å². The van der Waals surface area contributed by atoms with Gasteiger partial charge in [-0.3, -0.25) is 0 Å². The van der Waals surface area contributed by atoms with Gasteiger partial charge in [-0.25, -0.2) is 4.98 Å². The summed E-state index contributed by atoms with van der Waals surface area (Å²) in [6.07, 6.45) is 2.75. The van der Waals surface area contributed by atoms with Crippen molar-refractivity contribution in [3.8, 4) is 0 Å². The Kier molecular flexibility index (Phi) is 5.22. The monoisotopic (exact) mass is 286 g/mol. The first-order valence-electron chi connectivity index (χ1n) is 5.52. The van der Waals surface area contributed by atoms with Crippen LogP contribution in [0.3, 0.4) is 0 Å². The lowest BCUT2D eigenvalue weighted by atomic mass is 10.0. The number of anilines is 1. The molecular formula is C12H19BrN2O. The van der Waals surface area contributed by atoms with Crippen molar-refractivity contribution in [3.63, 3.8) is 0 Å². The molecule has 0 aliphatic rings. The minimum Gasteiger partial charge on any atom is -0.394 e. The van der Waals surface area contributed by atoms with Crippen molar-refractivity contribution < 1.29 is 5.11 Å². The zero-order valence-electron chi connectivity index (χ0n) is 10.00. The van der Waals surface area contributed by atoms with E-state index in [0.717, 1.165) is 22.3 Å². The number of aryl methyl sites for hydroxylation is 1. The number of rotatable bonds is 5. The van der Waals surface area contributed by atoms with Gasteiger partial charge in [0, 0.05) is 6.20 Å². The van der Waals surface area contributed by atoms with Gasteiger partial charge in [0.25, 0.3) is 0 Å². The van der Waals surface area contributed by atoms with Gasteiger partial charge in [0.2, 0.25) is 0 Å². The average molecular weight is 287 g/mol. The van der Waals surface area contributed by atoms with Gasteiger partial charge in [0.1, 0.15) is 5.82 Å². The van der Waals surface area contributed by atoms with Crippen LogP contribution >= 0.6 is 15.9 Å². The molecule has 0 saturated carbocycles. The molecular weight excluding hydrogens is 268 g/mol. The highest BCUT2D eigenvalue weighted by Crippen LogP contribution is 2.22. The molecule has 1 heterocycles. The molecule has 0 amide bonds. The Bertz CT molecular complexity index is 342. The second kappa shape index (κ2) is 6.21. The number of hydrogen-bond donors (Lipinski definition) is 2. The first kappa shape index (κ1) is 13.5. The molecule has 0 saturated heterocycles. The second-order valence-electron chi connectivity index (χ2n) is 4.50. The number of aliphatic hydroxyl groups is 1. The highest BCUT2D eigenvalue weighted by atomic mass is 79.9. The van der Waals surface area contributed by atoms with Crippen LogP contribution in [0.15, 0.2) is 16.7 Å². The molecule has 3 nitrogen and oxygen atoms in total. The summed E-state index contributed by atoms with van der Waals surface area (Å²) >= 11 is 3.46. The second-order valence-corrected chi connectivity index (χ2v) is 5.35. The van der Waals surface area contributed by atoms with Crippen molar-refractivity contribution in [2.75, 3.05) is 11.9 Å². The van der Waals surface area contributed by atoms with Gasteiger partial charge in [-0.2, -0.15) is 0 Å². The van der Waals surface area contributed by atoms with E-state index in [0.29, 0.717) is 5.92 Å². The maximum absolute atomic E-state index is 9.28. The fourth-order valence-electron chi connectivity index (χ4n) is 1.58. The van der Waals surface area contributed by atoms with Gasteiger partial charge in [0.15, 0.2) is 0 Å². The zero-order valence-corrected chi connectivity index (χ0v) is 11.6. The molecule has 4 heteroatoms. The van der Waals surface area contributed by atoms with E-state index in [-0.39, 0.29) is 12.6 Å². The maximum atomic E-state index is 9.28. The molecule has 1 atom stereocenters. The van der Waals surface area contributed by atoms with Crippen LogP contribution in [0.4, 0.5) is 5.82 Å². The molecule has 16 heavy (non-hydrogen) atoms. The lowest BCUT2D eigenvalue weighted by Gasteiger charge is -2.19. The van der Waals surface area contributed by atoms with Crippen molar-refractivity contribution in [2.24, 2.45) is 5.92 Å². The van der Waals surface area contributed by atoms with E-state index in [4.69, 9.17) is 0 Å². The maximum Gasteiger partial charge on any atom is 0.140 e. The van der Waals surface area contributed by atoms with E-state index in [2.05, 4.69) is 40.1 Å². The summed E-state index contributed by atoms with van der Waals surface area (Å²) in [5.41, 5.74) is 1.11. The van der Waals surface area contributed by atoms with Gasteiger partial charge >= 0.3 is 0 Å². The van der Waals surface area contributed by atoms with E-state index in [1.54, 1.807) is 0 Å². The summed E-state index contributed by atoms with van der Waals surface area (Å²) in [6.45, 7) is 6.41. The predicted octanol–water partition coefficient (Wildman–Crippen LogP) is 2.97. The molecule has 0 aliphatic heterocycles. The zero-order chi connectivity index (χ0) is 12.1. The smallest absolute Gasteiger partial charge is 0.140 e. The summed E-state index contributed by atoms with van der Waals surface area (Å²) in [7, 11) is 0. The number of nitrogens with one attached hydrogen (secondary N) is 1. The van der Waals surface area contributed by atoms with Gasteiger partial charge < -0.3 is 10.4 Å². The Hall–Kier alpha value is -0.610. The van der Waals surface area contributed by atoms with E-state index in [1.165, 1.54) is 0 Å². The van der Waals surface area contributed by atoms with Crippen LogP contribution in [-0.4, -0.2) is 22.7 Å². The van der Waals surface area contributed by atoms with Crippen LogP contribution in [0.5, 0.6) is 0 Å². The molecule has 1 rings (SSSR count). The molecule has 0 spiro atoms. The number of aromatic nitrogens is 1. The van der Waals surface area contributed by atoms with Gasteiger partial charge in [-0.05, 0) is 46.8 Å². The fourth-order valence-corrected chi connectivity index (χ4v) is 2.16. The third kappa shape index (κ3) is 4.10. The van der Waals surface area contributed by atoms with Gasteiger partial charge in [-0.15, -0.1) is 0 Å². The predicted molar refractivity (Wildman–Crippen MR) is 70.6 cm³/mol. The van der Waals surface area contributed by atoms with Crippen molar-refractivity contribution >= 4 is 21.7 Å². The van der Waals surface area contributed by atoms with Crippen LogP contribution in [0, 0.1) is 12.8 Å². The van der Waals surface area contributed by atoms with Gasteiger partial charge in [-0.1, -0.05) is 13.8 Å². The summed E-state index contributed by atoms with van der Waals surface area (Å²) in [5.74, 6) is 1.35. The molecule has 0 fully saturated rings. The number of halogens is 1. The minimum absolute atomic E-state index is 0.0616. The molecule has 0 aliphatic carbocycles. The van der Waals surface area contributed by atoms with Crippen molar-refractivity contribution in [1.29, 1.82) is 0 Å². The Morgan fingerprint density at radius 3 is 2.69 bits per heavy atom. The topological polar surface area (TPSA) is 45.2 Å². The highest BCUT2D eigenvalue weighted by molar-refractivity contribution is 9.10. The normalized spacial score (nSPS) is 12.9. The summed E-state index contributed by atoms with van der Waals surface area (Å²) in [6, 6.07) is 2.07. The van der Waals surface area contributed by atoms with Crippen molar-refractivity contribution in [1.82, 2.24) is 4.98 Å². The Morgan fingerprint density at radius 2 is 2.19 bits per heavy atom. The Labute approximate surface area is 105 Å². The molecule has 1 aromatic heterocycles. The van der Waals surface area contributed by atoms with Crippen molar-refractivity contribution in [2.45, 2.75) is 33.2 Å². The van der Waals surface area contributed by atoms with Crippen molar-refractivity contribution in [3.05, 3.63) is 22.3 Å². The molecule has 0 aromatic carbocycles.